The van der Waals surface area contributed by atoms with Gasteiger partial charge in [0.2, 0.25) is 0 Å². The topological polar surface area (TPSA) is 0 Å². The van der Waals surface area contributed by atoms with E-state index in [1.165, 1.54) is 65.8 Å². The number of hydrogen-bond donors (Lipinski definition) is 0. The van der Waals surface area contributed by atoms with Crippen molar-refractivity contribution in [1.29, 1.82) is 0 Å². The Bertz CT molecular complexity index is 1920. The van der Waals surface area contributed by atoms with Crippen molar-refractivity contribution in [2.45, 2.75) is 40.5 Å². The van der Waals surface area contributed by atoms with Crippen LogP contribution in [0.15, 0.2) is 155 Å². The third-order valence-corrected chi connectivity index (χ3v) is 8.67. The molecule has 6 rings (SSSR count). The first-order chi connectivity index (χ1) is 20.3. The van der Waals surface area contributed by atoms with Gasteiger partial charge in [-0.25, -0.2) is 0 Å². The van der Waals surface area contributed by atoms with Crippen molar-refractivity contribution in [2.24, 2.45) is 11.3 Å². The molecule has 1 unspecified atom stereocenters. The summed E-state index contributed by atoms with van der Waals surface area (Å²) in [7, 11) is 0. The molecule has 0 bridgehead atoms. The van der Waals surface area contributed by atoms with E-state index in [9.17, 15) is 0 Å². The Balaban J connectivity index is 1.67. The maximum Gasteiger partial charge on any atom is 0.000535 e. The summed E-state index contributed by atoms with van der Waals surface area (Å²) >= 11 is 0. The minimum Gasteiger partial charge on any atom is -0.0988 e. The van der Waals surface area contributed by atoms with Crippen LogP contribution in [0.2, 0.25) is 0 Å². The normalized spacial score (nSPS) is 19.0. The third-order valence-electron chi connectivity index (χ3n) is 8.67. The zero-order chi connectivity index (χ0) is 29.3. The first-order valence-electron chi connectivity index (χ1n) is 15.2. The van der Waals surface area contributed by atoms with E-state index in [4.69, 9.17) is 0 Å². The molecule has 3 aromatic carbocycles. The molecule has 0 radical (unpaired) electrons. The van der Waals surface area contributed by atoms with Crippen LogP contribution in [0.5, 0.6) is 0 Å². The fraction of sp³-hybridized carbons (Fsp3) is 0.190. The summed E-state index contributed by atoms with van der Waals surface area (Å²) in [5, 5.41) is 5.12. The molecule has 0 heteroatoms. The van der Waals surface area contributed by atoms with Gasteiger partial charge in [0, 0.05) is 5.92 Å². The van der Waals surface area contributed by atoms with Gasteiger partial charge in [0.05, 0.1) is 0 Å². The molecule has 42 heavy (non-hydrogen) atoms. The molecule has 3 aliphatic rings. The van der Waals surface area contributed by atoms with Crippen molar-refractivity contribution < 1.29 is 0 Å². The highest BCUT2D eigenvalue weighted by Crippen LogP contribution is 2.44. The predicted octanol–water partition coefficient (Wildman–Crippen LogP) is 9.73. The SMILES string of the molecule is C=C/C(=C\C1=C(C2=CCC=c3ccccc3=C2)C2=C(C=CC=CC2)C(c2ccc3ccccc3c2)=CC1C)C(C)(C)C. The second kappa shape index (κ2) is 11.5. The maximum absolute atomic E-state index is 4.24. The molecule has 3 aromatic rings. The van der Waals surface area contributed by atoms with Gasteiger partial charge < -0.3 is 0 Å². The molecule has 0 nitrogen and oxygen atoms in total. The summed E-state index contributed by atoms with van der Waals surface area (Å²) < 4.78 is 0. The van der Waals surface area contributed by atoms with E-state index in [0.29, 0.717) is 0 Å². The van der Waals surface area contributed by atoms with E-state index in [1.54, 1.807) is 0 Å². The molecule has 0 heterocycles. The summed E-state index contributed by atoms with van der Waals surface area (Å²) in [6.45, 7) is 13.4. The van der Waals surface area contributed by atoms with Crippen molar-refractivity contribution in [2.75, 3.05) is 0 Å². The highest BCUT2D eigenvalue weighted by Gasteiger charge is 2.27. The summed E-state index contributed by atoms with van der Waals surface area (Å²) in [5.74, 6) is 0.194. The smallest absolute Gasteiger partial charge is 0.000535 e. The van der Waals surface area contributed by atoms with E-state index < -0.39 is 0 Å². The van der Waals surface area contributed by atoms with Gasteiger partial charge in [0.25, 0.3) is 0 Å². The Hall–Kier alpha value is -4.42. The van der Waals surface area contributed by atoms with Crippen molar-refractivity contribution in [3.63, 3.8) is 0 Å². The lowest BCUT2D eigenvalue weighted by Crippen LogP contribution is -2.23. The van der Waals surface area contributed by atoms with Crippen molar-refractivity contribution in [1.82, 2.24) is 0 Å². The lowest BCUT2D eigenvalue weighted by Gasteiger charge is -2.24. The van der Waals surface area contributed by atoms with Gasteiger partial charge in [-0.15, -0.1) is 0 Å². The number of fused-ring (bicyclic) bond motifs is 2. The van der Waals surface area contributed by atoms with Gasteiger partial charge in [-0.1, -0.05) is 150 Å². The van der Waals surface area contributed by atoms with Crippen LogP contribution < -0.4 is 10.4 Å². The molecule has 0 aliphatic heterocycles. The second-order valence-electron chi connectivity index (χ2n) is 12.6. The maximum atomic E-state index is 4.24. The van der Waals surface area contributed by atoms with Gasteiger partial charge >= 0.3 is 0 Å². The molecule has 0 amide bonds. The average molecular weight is 545 g/mol. The fourth-order valence-electron chi connectivity index (χ4n) is 6.39. The molecular formula is C42H40. The van der Waals surface area contributed by atoms with Crippen LogP contribution >= 0.6 is 0 Å². The number of allylic oxidation sites excluding steroid dienone is 15. The van der Waals surface area contributed by atoms with Gasteiger partial charge in [0.1, 0.15) is 0 Å². The van der Waals surface area contributed by atoms with Gasteiger partial charge in [-0.3, -0.25) is 0 Å². The number of rotatable bonds is 4. The molecule has 208 valence electrons. The van der Waals surface area contributed by atoms with E-state index >= 15 is 0 Å². The Morgan fingerprint density at radius 2 is 1.64 bits per heavy atom. The van der Waals surface area contributed by atoms with Gasteiger partial charge in [-0.2, -0.15) is 0 Å². The highest BCUT2D eigenvalue weighted by atomic mass is 14.3. The Labute approximate surface area is 251 Å². The van der Waals surface area contributed by atoms with E-state index in [1.807, 2.05) is 6.08 Å². The standard InChI is InChI=1S/C42H40/c1-6-36(42(3,4)5)28-39-29(2)25-40(34-24-23-31-16-11-13-17-32(31)26-34)37-21-8-7-9-22-38(37)41(39)35-20-14-19-30-15-10-12-18-33(30)27-35/h6-13,15-21,23-29H,1,14,22H2,2-5H3/b36-28+. The molecular weight excluding hydrogens is 504 g/mol. The first-order valence-corrected chi connectivity index (χ1v) is 15.2. The van der Waals surface area contributed by atoms with Crippen LogP contribution in [-0.4, -0.2) is 0 Å². The Morgan fingerprint density at radius 1 is 0.881 bits per heavy atom. The zero-order valence-electron chi connectivity index (χ0n) is 25.3. The molecule has 3 aliphatic carbocycles. The van der Waals surface area contributed by atoms with Crippen molar-refractivity contribution in [3.8, 4) is 0 Å². The predicted molar refractivity (Wildman–Crippen MR) is 183 cm³/mol. The highest BCUT2D eigenvalue weighted by molar-refractivity contribution is 5.93. The van der Waals surface area contributed by atoms with Crippen LogP contribution in [0, 0.1) is 11.3 Å². The minimum absolute atomic E-state index is 0.0147. The van der Waals surface area contributed by atoms with Gasteiger partial charge in [-0.05, 0) is 96.2 Å². The summed E-state index contributed by atoms with van der Waals surface area (Å²) in [6.07, 6.45) is 25.0. The first kappa shape index (κ1) is 27.7. The molecule has 1 atom stereocenters. The van der Waals surface area contributed by atoms with E-state index in [0.717, 1.165) is 12.8 Å². The summed E-state index contributed by atoms with van der Waals surface area (Å²) in [4.78, 5) is 0. The number of benzene rings is 3. The van der Waals surface area contributed by atoms with Crippen LogP contribution in [0.3, 0.4) is 0 Å². The van der Waals surface area contributed by atoms with E-state index in [2.05, 4.69) is 156 Å². The third kappa shape index (κ3) is 5.42. The molecule has 0 spiro atoms. The van der Waals surface area contributed by atoms with Crippen molar-refractivity contribution in [3.05, 3.63) is 171 Å². The summed E-state index contributed by atoms with van der Waals surface area (Å²) in [5.41, 5.74) is 10.5. The lowest BCUT2D eigenvalue weighted by atomic mass is 9.80. The summed E-state index contributed by atoms with van der Waals surface area (Å²) in [6, 6.07) is 24.3. The van der Waals surface area contributed by atoms with Crippen LogP contribution in [0.25, 0.3) is 28.5 Å². The fourth-order valence-corrected chi connectivity index (χ4v) is 6.39. The van der Waals surface area contributed by atoms with E-state index in [-0.39, 0.29) is 11.3 Å². The molecule has 0 aromatic heterocycles. The minimum atomic E-state index is -0.0147. The Kier molecular flexibility index (Phi) is 7.56. The average Bonchev–Trinajstić information content (AvgIpc) is 3.39. The van der Waals surface area contributed by atoms with Crippen LogP contribution in [-0.2, 0) is 0 Å². The Morgan fingerprint density at radius 3 is 2.43 bits per heavy atom. The molecule has 0 N–H and O–H groups in total. The lowest BCUT2D eigenvalue weighted by molar-refractivity contribution is 0.516. The second-order valence-corrected chi connectivity index (χ2v) is 12.6. The van der Waals surface area contributed by atoms with Gasteiger partial charge in [0.15, 0.2) is 0 Å². The van der Waals surface area contributed by atoms with Crippen LogP contribution in [0.4, 0.5) is 0 Å². The monoisotopic (exact) mass is 544 g/mol. The largest absolute Gasteiger partial charge is 0.0988 e. The van der Waals surface area contributed by atoms with Crippen molar-refractivity contribution >= 4 is 28.5 Å². The molecule has 0 fully saturated rings. The number of hydrogen-bond acceptors (Lipinski definition) is 0. The molecule has 0 saturated carbocycles. The molecule has 0 saturated heterocycles. The quantitative estimate of drug-likeness (QED) is 0.287. The van der Waals surface area contributed by atoms with Crippen LogP contribution in [0.1, 0.15) is 46.1 Å². The zero-order valence-corrected chi connectivity index (χ0v) is 25.3.